The number of thiazole rings is 1. The normalized spacial score (nSPS) is 10.2. The van der Waals surface area contributed by atoms with Crippen molar-refractivity contribution in [1.82, 2.24) is 9.97 Å². The fourth-order valence-electron chi connectivity index (χ4n) is 1.04. The first-order chi connectivity index (χ1) is 6.40. The fraction of sp³-hybridized carbons (Fsp3) is 0.111. The Labute approximate surface area is 79.7 Å². The van der Waals surface area contributed by atoms with Gasteiger partial charge in [0, 0.05) is 23.3 Å². The Morgan fingerprint density at radius 1 is 1.31 bits per heavy atom. The predicted molar refractivity (Wildman–Crippen MR) is 51.3 cm³/mol. The molecule has 13 heavy (non-hydrogen) atoms. The number of aromatic nitrogens is 2. The summed E-state index contributed by atoms with van der Waals surface area (Å²) in [5.74, 6) is 0. The van der Waals surface area contributed by atoms with Gasteiger partial charge in [-0.2, -0.15) is 0 Å². The second-order valence-electron chi connectivity index (χ2n) is 2.52. The molecular formula is C9H8N2OS. The molecule has 0 amide bonds. The van der Waals surface area contributed by atoms with Gasteiger partial charge in [-0.05, 0) is 12.1 Å². The van der Waals surface area contributed by atoms with Crippen molar-refractivity contribution in [2.75, 3.05) is 0 Å². The van der Waals surface area contributed by atoms with Crippen LogP contribution in [0.3, 0.4) is 0 Å². The third kappa shape index (κ3) is 1.74. The summed E-state index contributed by atoms with van der Waals surface area (Å²) in [5.41, 5.74) is 1.93. The molecule has 3 nitrogen and oxygen atoms in total. The molecule has 2 heterocycles. The first kappa shape index (κ1) is 8.34. The number of pyridine rings is 1. The van der Waals surface area contributed by atoms with Crippen LogP contribution in [0.2, 0.25) is 0 Å². The SMILES string of the molecule is OCc1nc(-c2ccncc2)cs1. The summed E-state index contributed by atoms with van der Waals surface area (Å²) in [6.07, 6.45) is 3.46. The Balaban J connectivity index is 2.36. The molecule has 4 heteroatoms. The summed E-state index contributed by atoms with van der Waals surface area (Å²) in [6.45, 7) is 0.00967. The van der Waals surface area contributed by atoms with Crippen molar-refractivity contribution in [1.29, 1.82) is 0 Å². The van der Waals surface area contributed by atoms with E-state index in [1.807, 2.05) is 17.5 Å². The van der Waals surface area contributed by atoms with Crippen LogP contribution in [0.5, 0.6) is 0 Å². The van der Waals surface area contributed by atoms with Crippen LogP contribution in [-0.4, -0.2) is 15.1 Å². The molecule has 0 atom stereocenters. The van der Waals surface area contributed by atoms with E-state index in [9.17, 15) is 0 Å². The zero-order valence-electron chi connectivity index (χ0n) is 6.84. The third-order valence-electron chi connectivity index (χ3n) is 1.66. The molecule has 0 unspecified atom stereocenters. The van der Waals surface area contributed by atoms with E-state index < -0.39 is 0 Å². The summed E-state index contributed by atoms with van der Waals surface area (Å²) < 4.78 is 0. The molecular weight excluding hydrogens is 184 g/mol. The molecule has 0 bridgehead atoms. The molecule has 2 aromatic rings. The highest BCUT2D eigenvalue weighted by Crippen LogP contribution is 2.20. The fourth-order valence-corrected chi connectivity index (χ4v) is 1.70. The van der Waals surface area contributed by atoms with E-state index in [1.165, 1.54) is 11.3 Å². The minimum Gasteiger partial charge on any atom is -0.389 e. The average Bonchev–Trinajstić information content (AvgIpc) is 2.67. The van der Waals surface area contributed by atoms with Crippen LogP contribution < -0.4 is 0 Å². The predicted octanol–water partition coefficient (Wildman–Crippen LogP) is 1.70. The zero-order valence-corrected chi connectivity index (χ0v) is 7.66. The molecule has 66 valence electrons. The van der Waals surface area contributed by atoms with Gasteiger partial charge in [-0.25, -0.2) is 4.98 Å². The minimum atomic E-state index is 0.00967. The van der Waals surface area contributed by atoms with Gasteiger partial charge in [0.25, 0.3) is 0 Å². The molecule has 0 aliphatic rings. The van der Waals surface area contributed by atoms with Crippen molar-refractivity contribution in [3.8, 4) is 11.3 Å². The maximum absolute atomic E-state index is 8.83. The number of rotatable bonds is 2. The lowest BCUT2D eigenvalue weighted by atomic mass is 10.2. The molecule has 0 radical (unpaired) electrons. The first-order valence-electron chi connectivity index (χ1n) is 3.86. The first-order valence-corrected chi connectivity index (χ1v) is 4.74. The van der Waals surface area contributed by atoms with E-state index in [1.54, 1.807) is 12.4 Å². The van der Waals surface area contributed by atoms with Crippen LogP contribution in [0.25, 0.3) is 11.3 Å². The van der Waals surface area contributed by atoms with Crippen LogP contribution in [0, 0.1) is 0 Å². The minimum absolute atomic E-state index is 0.00967. The largest absolute Gasteiger partial charge is 0.389 e. The van der Waals surface area contributed by atoms with E-state index in [2.05, 4.69) is 9.97 Å². The Morgan fingerprint density at radius 3 is 2.69 bits per heavy atom. The van der Waals surface area contributed by atoms with Crippen molar-refractivity contribution in [2.45, 2.75) is 6.61 Å². The number of hydrogen-bond acceptors (Lipinski definition) is 4. The van der Waals surface area contributed by atoms with Crippen LogP contribution in [-0.2, 0) is 6.61 Å². The Morgan fingerprint density at radius 2 is 2.08 bits per heavy atom. The molecule has 0 saturated heterocycles. The van der Waals surface area contributed by atoms with Crippen LogP contribution >= 0.6 is 11.3 Å². The summed E-state index contributed by atoms with van der Waals surface area (Å²) in [5, 5.41) is 11.5. The van der Waals surface area contributed by atoms with Gasteiger partial charge in [-0.1, -0.05) is 0 Å². The number of aliphatic hydroxyl groups excluding tert-OH is 1. The Hall–Kier alpha value is -1.26. The summed E-state index contributed by atoms with van der Waals surface area (Å²) >= 11 is 1.46. The van der Waals surface area contributed by atoms with E-state index >= 15 is 0 Å². The quantitative estimate of drug-likeness (QED) is 0.787. The summed E-state index contributed by atoms with van der Waals surface area (Å²) in [4.78, 5) is 8.16. The molecule has 2 rings (SSSR count). The molecule has 2 aromatic heterocycles. The van der Waals surface area contributed by atoms with Gasteiger partial charge in [0.2, 0.25) is 0 Å². The van der Waals surface area contributed by atoms with Gasteiger partial charge in [-0.3, -0.25) is 4.98 Å². The van der Waals surface area contributed by atoms with Gasteiger partial charge in [0.05, 0.1) is 12.3 Å². The van der Waals surface area contributed by atoms with Crippen molar-refractivity contribution >= 4 is 11.3 Å². The van der Waals surface area contributed by atoms with Crippen LogP contribution in [0.4, 0.5) is 0 Å². The maximum atomic E-state index is 8.83. The van der Waals surface area contributed by atoms with Crippen molar-refractivity contribution in [3.63, 3.8) is 0 Å². The highest BCUT2D eigenvalue weighted by molar-refractivity contribution is 7.09. The standard InChI is InChI=1S/C9H8N2OS/c12-5-9-11-8(6-13-9)7-1-3-10-4-2-7/h1-4,6,12H,5H2. The maximum Gasteiger partial charge on any atom is 0.119 e. The topological polar surface area (TPSA) is 46.0 Å². The van der Waals surface area contributed by atoms with E-state index in [4.69, 9.17) is 5.11 Å². The molecule has 0 saturated carbocycles. The third-order valence-corrected chi connectivity index (χ3v) is 2.50. The summed E-state index contributed by atoms with van der Waals surface area (Å²) in [6, 6.07) is 3.80. The van der Waals surface area contributed by atoms with Crippen LogP contribution in [0.1, 0.15) is 5.01 Å². The van der Waals surface area contributed by atoms with Gasteiger partial charge in [-0.15, -0.1) is 11.3 Å². The smallest absolute Gasteiger partial charge is 0.119 e. The number of hydrogen-bond donors (Lipinski definition) is 1. The van der Waals surface area contributed by atoms with Gasteiger partial charge in [0.1, 0.15) is 5.01 Å². The lowest BCUT2D eigenvalue weighted by Crippen LogP contribution is -1.82. The van der Waals surface area contributed by atoms with E-state index in [0.29, 0.717) is 0 Å². The van der Waals surface area contributed by atoms with Gasteiger partial charge in [0.15, 0.2) is 0 Å². The second kappa shape index (κ2) is 3.64. The molecule has 0 fully saturated rings. The average molecular weight is 192 g/mol. The highest BCUT2D eigenvalue weighted by Gasteiger charge is 2.02. The number of aliphatic hydroxyl groups is 1. The van der Waals surface area contributed by atoms with Crippen LogP contribution in [0.15, 0.2) is 29.9 Å². The zero-order chi connectivity index (χ0) is 9.10. The second-order valence-corrected chi connectivity index (χ2v) is 3.46. The monoisotopic (exact) mass is 192 g/mol. The lowest BCUT2D eigenvalue weighted by Gasteiger charge is -1.92. The molecule has 0 spiro atoms. The van der Waals surface area contributed by atoms with E-state index in [0.717, 1.165) is 16.3 Å². The highest BCUT2D eigenvalue weighted by atomic mass is 32.1. The van der Waals surface area contributed by atoms with Gasteiger partial charge < -0.3 is 5.11 Å². The molecule has 1 N–H and O–H groups in total. The molecule has 0 aromatic carbocycles. The van der Waals surface area contributed by atoms with E-state index in [-0.39, 0.29) is 6.61 Å². The van der Waals surface area contributed by atoms with Crippen molar-refractivity contribution < 1.29 is 5.11 Å². The Kier molecular flexibility index (Phi) is 2.33. The number of nitrogens with zero attached hydrogens (tertiary/aromatic N) is 2. The van der Waals surface area contributed by atoms with Crippen molar-refractivity contribution in [2.24, 2.45) is 0 Å². The Bertz CT molecular complexity index is 386. The molecule has 0 aliphatic heterocycles. The van der Waals surface area contributed by atoms with Gasteiger partial charge >= 0.3 is 0 Å². The lowest BCUT2D eigenvalue weighted by molar-refractivity contribution is 0.281. The summed E-state index contributed by atoms with van der Waals surface area (Å²) in [7, 11) is 0. The molecule has 0 aliphatic carbocycles. The van der Waals surface area contributed by atoms with Crippen molar-refractivity contribution in [3.05, 3.63) is 34.9 Å².